The lowest BCUT2D eigenvalue weighted by atomic mass is 10.1. The highest BCUT2D eigenvalue weighted by Gasteiger charge is 2.22. The van der Waals surface area contributed by atoms with E-state index in [2.05, 4.69) is 19.2 Å². The van der Waals surface area contributed by atoms with E-state index in [1.54, 1.807) is 0 Å². The number of rotatable bonds is 6. The summed E-state index contributed by atoms with van der Waals surface area (Å²) < 4.78 is 5.56. The van der Waals surface area contributed by atoms with Crippen LogP contribution in [0.2, 0.25) is 0 Å². The molecule has 1 heterocycles. The Morgan fingerprint density at radius 1 is 1.47 bits per heavy atom. The minimum atomic E-state index is -0.0480. The van der Waals surface area contributed by atoms with Crippen LogP contribution in [-0.2, 0) is 9.53 Å². The van der Waals surface area contributed by atoms with Gasteiger partial charge >= 0.3 is 0 Å². The fraction of sp³-hybridized carbons (Fsp3) is 0.923. The molecule has 1 unspecified atom stereocenters. The molecule has 0 aromatic rings. The number of hydrogen-bond acceptors (Lipinski definition) is 3. The first-order chi connectivity index (χ1) is 8.11. The molecular formula is C13H26N2O2. The van der Waals surface area contributed by atoms with Crippen molar-refractivity contribution in [3.8, 4) is 0 Å². The predicted molar refractivity (Wildman–Crippen MR) is 68.9 cm³/mol. The Balaban J connectivity index is 2.18. The van der Waals surface area contributed by atoms with Crippen LogP contribution in [0.15, 0.2) is 0 Å². The fourth-order valence-corrected chi connectivity index (χ4v) is 1.88. The molecule has 17 heavy (non-hydrogen) atoms. The lowest BCUT2D eigenvalue weighted by molar-refractivity contribution is -0.133. The third-order valence-corrected chi connectivity index (χ3v) is 3.08. The number of nitrogens with one attached hydrogen (secondary N) is 1. The third kappa shape index (κ3) is 5.50. The Hall–Kier alpha value is -0.610. The lowest BCUT2D eigenvalue weighted by Crippen LogP contribution is -2.42. The highest BCUT2D eigenvalue weighted by Crippen LogP contribution is 2.03. The van der Waals surface area contributed by atoms with Gasteiger partial charge in [-0.3, -0.25) is 4.79 Å². The third-order valence-electron chi connectivity index (χ3n) is 3.08. The number of amides is 1. The molecule has 1 rings (SSSR count). The van der Waals surface area contributed by atoms with E-state index >= 15 is 0 Å². The first-order valence-corrected chi connectivity index (χ1v) is 6.71. The molecule has 100 valence electrons. The summed E-state index contributed by atoms with van der Waals surface area (Å²) in [6, 6.07) is -0.0480. The summed E-state index contributed by atoms with van der Waals surface area (Å²) in [5.74, 6) is 0.883. The van der Waals surface area contributed by atoms with E-state index in [-0.39, 0.29) is 11.9 Å². The smallest absolute Gasteiger partial charge is 0.239 e. The van der Waals surface area contributed by atoms with E-state index in [4.69, 9.17) is 4.74 Å². The summed E-state index contributed by atoms with van der Waals surface area (Å²) >= 11 is 0. The normalized spacial score (nSPS) is 22.0. The Kier molecular flexibility index (Phi) is 6.52. The van der Waals surface area contributed by atoms with Crippen LogP contribution in [0.25, 0.3) is 0 Å². The van der Waals surface area contributed by atoms with E-state index in [0.29, 0.717) is 12.5 Å². The Bertz CT molecular complexity index is 231. The lowest BCUT2D eigenvalue weighted by Gasteiger charge is -2.22. The summed E-state index contributed by atoms with van der Waals surface area (Å²) in [5, 5.41) is 3.21. The molecule has 0 aromatic carbocycles. The van der Waals surface area contributed by atoms with Crippen LogP contribution in [0.4, 0.5) is 0 Å². The molecule has 0 spiro atoms. The summed E-state index contributed by atoms with van der Waals surface area (Å²) in [6.45, 7) is 10.3. The zero-order chi connectivity index (χ0) is 12.7. The maximum atomic E-state index is 11.9. The van der Waals surface area contributed by atoms with Crippen molar-refractivity contribution in [1.29, 1.82) is 0 Å². The average Bonchev–Trinajstić information content (AvgIpc) is 2.43. The second kappa shape index (κ2) is 7.67. The maximum absolute atomic E-state index is 11.9. The molecule has 1 amide bonds. The zero-order valence-electron chi connectivity index (χ0n) is 11.4. The first kappa shape index (κ1) is 14.5. The van der Waals surface area contributed by atoms with E-state index < -0.39 is 0 Å². The van der Waals surface area contributed by atoms with Crippen molar-refractivity contribution < 1.29 is 9.53 Å². The SMILES string of the molecule is CC(C)CCOCCN1CCCNC(C)C1=O. The zero-order valence-corrected chi connectivity index (χ0v) is 11.4. The van der Waals surface area contributed by atoms with Crippen molar-refractivity contribution in [2.45, 2.75) is 39.7 Å². The van der Waals surface area contributed by atoms with Crippen LogP contribution in [0, 0.1) is 5.92 Å². The number of ether oxygens (including phenoxy) is 1. The van der Waals surface area contributed by atoms with Gasteiger partial charge in [0.2, 0.25) is 5.91 Å². The maximum Gasteiger partial charge on any atom is 0.239 e. The van der Waals surface area contributed by atoms with Gasteiger partial charge in [0.25, 0.3) is 0 Å². The summed E-state index contributed by atoms with van der Waals surface area (Å²) in [5.41, 5.74) is 0. The number of carbonyl (C=O) groups excluding carboxylic acids is 1. The van der Waals surface area contributed by atoms with Crippen molar-refractivity contribution in [2.75, 3.05) is 32.8 Å². The molecule has 1 aliphatic heterocycles. The van der Waals surface area contributed by atoms with Crippen LogP contribution >= 0.6 is 0 Å². The van der Waals surface area contributed by atoms with E-state index in [1.165, 1.54) is 0 Å². The minimum Gasteiger partial charge on any atom is -0.380 e. The Morgan fingerprint density at radius 2 is 2.24 bits per heavy atom. The molecule has 0 bridgehead atoms. The summed E-state index contributed by atoms with van der Waals surface area (Å²) in [7, 11) is 0. The highest BCUT2D eigenvalue weighted by molar-refractivity contribution is 5.81. The van der Waals surface area contributed by atoms with Crippen molar-refractivity contribution >= 4 is 5.91 Å². The van der Waals surface area contributed by atoms with Gasteiger partial charge in [0, 0.05) is 19.7 Å². The monoisotopic (exact) mass is 242 g/mol. The summed E-state index contributed by atoms with van der Waals surface area (Å²) in [6.07, 6.45) is 2.12. The van der Waals surface area contributed by atoms with Gasteiger partial charge in [-0.25, -0.2) is 0 Å². The van der Waals surface area contributed by atoms with Gasteiger partial charge in [-0.15, -0.1) is 0 Å². The van der Waals surface area contributed by atoms with Crippen LogP contribution in [0.3, 0.4) is 0 Å². The van der Waals surface area contributed by atoms with Gasteiger partial charge in [0.15, 0.2) is 0 Å². The van der Waals surface area contributed by atoms with Gasteiger partial charge in [0.05, 0.1) is 12.6 Å². The number of nitrogens with zero attached hydrogens (tertiary/aromatic N) is 1. The van der Waals surface area contributed by atoms with Crippen LogP contribution in [-0.4, -0.2) is 49.7 Å². The second-order valence-corrected chi connectivity index (χ2v) is 5.15. The average molecular weight is 242 g/mol. The number of carbonyl (C=O) groups is 1. The van der Waals surface area contributed by atoms with Crippen LogP contribution in [0.1, 0.15) is 33.6 Å². The van der Waals surface area contributed by atoms with Gasteiger partial charge in [0.1, 0.15) is 0 Å². The van der Waals surface area contributed by atoms with Crippen molar-refractivity contribution in [3.05, 3.63) is 0 Å². The quantitative estimate of drug-likeness (QED) is 0.713. The van der Waals surface area contributed by atoms with E-state index in [9.17, 15) is 4.79 Å². The standard InChI is InChI=1S/C13H26N2O2/c1-11(2)5-9-17-10-8-15-7-4-6-14-12(3)13(15)16/h11-12,14H,4-10H2,1-3H3. The Morgan fingerprint density at radius 3 is 2.94 bits per heavy atom. The van der Waals surface area contributed by atoms with Crippen molar-refractivity contribution in [3.63, 3.8) is 0 Å². The molecule has 1 fully saturated rings. The molecule has 0 saturated carbocycles. The minimum absolute atomic E-state index is 0.0480. The van der Waals surface area contributed by atoms with Gasteiger partial charge in [-0.1, -0.05) is 13.8 Å². The van der Waals surface area contributed by atoms with Crippen molar-refractivity contribution in [1.82, 2.24) is 10.2 Å². The molecule has 0 aliphatic carbocycles. The van der Waals surface area contributed by atoms with Crippen LogP contribution in [0.5, 0.6) is 0 Å². The topological polar surface area (TPSA) is 41.6 Å². The van der Waals surface area contributed by atoms with Crippen molar-refractivity contribution in [2.24, 2.45) is 5.92 Å². The first-order valence-electron chi connectivity index (χ1n) is 6.71. The molecule has 0 aromatic heterocycles. The van der Waals surface area contributed by atoms with Gasteiger partial charge in [-0.2, -0.15) is 0 Å². The largest absolute Gasteiger partial charge is 0.380 e. The molecule has 1 atom stereocenters. The number of hydrogen-bond donors (Lipinski definition) is 1. The molecule has 4 nitrogen and oxygen atoms in total. The molecule has 1 N–H and O–H groups in total. The predicted octanol–water partition coefficient (Wildman–Crippen LogP) is 1.26. The van der Waals surface area contributed by atoms with Gasteiger partial charge in [-0.05, 0) is 32.2 Å². The molecule has 1 aliphatic rings. The molecular weight excluding hydrogens is 216 g/mol. The molecule has 4 heteroatoms. The highest BCUT2D eigenvalue weighted by atomic mass is 16.5. The van der Waals surface area contributed by atoms with Gasteiger partial charge < -0.3 is 15.0 Å². The van der Waals surface area contributed by atoms with E-state index in [0.717, 1.165) is 39.1 Å². The van der Waals surface area contributed by atoms with Crippen LogP contribution < -0.4 is 5.32 Å². The van der Waals surface area contributed by atoms with E-state index in [1.807, 2.05) is 11.8 Å². The summed E-state index contributed by atoms with van der Waals surface area (Å²) in [4.78, 5) is 13.8. The Labute approximate surface area is 105 Å². The second-order valence-electron chi connectivity index (χ2n) is 5.15. The molecule has 0 radical (unpaired) electrons. The molecule has 1 saturated heterocycles. The fourth-order valence-electron chi connectivity index (χ4n) is 1.88.